The maximum absolute atomic E-state index is 13.3. The Hall–Kier alpha value is -5.29. The first-order valence-corrected chi connectivity index (χ1v) is 22.8. The van der Waals surface area contributed by atoms with Crippen molar-refractivity contribution in [2.24, 2.45) is 11.3 Å². The van der Waals surface area contributed by atoms with E-state index >= 15 is 0 Å². The summed E-state index contributed by atoms with van der Waals surface area (Å²) >= 11 is 0. The zero-order chi connectivity index (χ0) is 42.4. The zero-order valence-electron chi connectivity index (χ0n) is 36.0. The molecule has 2 spiro atoms. The van der Waals surface area contributed by atoms with E-state index < -0.39 is 6.04 Å². The van der Waals surface area contributed by atoms with Crippen molar-refractivity contribution in [2.75, 3.05) is 44.2 Å². The van der Waals surface area contributed by atoms with Gasteiger partial charge in [0.25, 0.3) is 5.91 Å². The molecular formula is C50H62N6O5. The minimum absolute atomic E-state index is 0.000855. The average Bonchev–Trinajstić information content (AvgIpc) is 3.83. The first-order chi connectivity index (χ1) is 29.8. The Morgan fingerprint density at radius 2 is 1.48 bits per heavy atom. The summed E-state index contributed by atoms with van der Waals surface area (Å²) in [5.74, 6) is 2.14. The number of aromatic nitrogens is 2. The summed E-state index contributed by atoms with van der Waals surface area (Å²) in [7, 11) is 0. The highest BCUT2D eigenvalue weighted by Gasteiger charge is 2.50. The summed E-state index contributed by atoms with van der Waals surface area (Å²) in [6.45, 7) is 10.5. The van der Waals surface area contributed by atoms with Crippen molar-refractivity contribution in [3.05, 3.63) is 113 Å². The fraction of sp³-hybridized carbons (Fsp3) is 0.500. The van der Waals surface area contributed by atoms with Crippen molar-refractivity contribution in [2.45, 2.75) is 109 Å². The summed E-state index contributed by atoms with van der Waals surface area (Å²) in [6.07, 6.45) is 16.5. The van der Waals surface area contributed by atoms with Crippen LogP contribution in [-0.2, 0) is 34.4 Å². The Morgan fingerprint density at radius 1 is 0.803 bits per heavy atom. The minimum atomic E-state index is -0.604. The van der Waals surface area contributed by atoms with Crippen LogP contribution in [0.15, 0.2) is 85.2 Å². The van der Waals surface area contributed by atoms with Gasteiger partial charge in [0.1, 0.15) is 17.5 Å². The molecule has 0 radical (unpaired) electrons. The van der Waals surface area contributed by atoms with Crippen molar-refractivity contribution in [1.82, 2.24) is 25.1 Å². The lowest BCUT2D eigenvalue weighted by Gasteiger charge is -2.53. The number of nitrogens with zero attached hydrogens (tertiary/aromatic N) is 5. The number of aromatic hydroxyl groups is 1. The molecule has 1 atom stereocenters. The number of nitrogens with one attached hydrogen (secondary N) is 1. The molecule has 5 aliphatic heterocycles. The number of likely N-dealkylation sites (tertiary alicyclic amines) is 1. The van der Waals surface area contributed by atoms with Crippen LogP contribution in [0.1, 0.15) is 111 Å². The van der Waals surface area contributed by atoms with Gasteiger partial charge in [0, 0.05) is 60.6 Å². The van der Waals surface area contributed by atoms with Crippen molar-refractivity contribution >= 4 is 23.7 Å². The third-order valence-corrected chi connectivity index (χ3v) is 14.2. The first-order valence-electron chi connectivity index (χ1n) is 22.8. The maximum Gasteiger partial charge on any atom is 0.255 e. The maximum atomic E-state index is 13.3. The van der Waals surface area contributed by atoms with Crippen LogP contribution in [0.4, 0.5) is 5.95 Å². The highest BCUT2D eigenvalue weighted by Crippen LogP contribution is 2.54. The van der Waals surface area contributed by atoms with Gasteiger partial charge in [0.05, 0.1) is 13.2 Å². The average molecular weight is 827 g/mol. The molecule has 11 heteroatoms. The van der Waals surface area contributed by atoms with E-state index in [0.29, 0.717) is 36.3 Å². The van der Waals surface area contributed by atoms with Crippen molar-refractivity contribution in [3.8, 4) is 11.5 Å². The van der Waals surface area contributed by atoms with Crippen LogP contribution in [0.2, 0.25) is 0 Å². The predicted molar refractivity (Wildman–Crippen MR) is 237 cm³/mol. The SMILES string of the molecule is CC.O=C1CCC(N2Cc3c(ccc4c3OCC43CCN(CC4CC5(CCN(c6ncccn6)CC5)C4)CC3)C2=O)C(=O)N1.Oc1ccc2c(c1)CCCC2.c1ccccc1. The van der Waals surface area contributed by atoms with E-state index in [4.69, 9.17) is 4.74 Å². The molecule has 11 rings (SSSR count). The number of phenolic OH excluding ortho intramolecular Hbond substituents is 1. The highest BCUT2D eigenvalue weighted by atomic mass is 16.5. The monoisotopic (exact) mass is 826 g/mol. The number of amides is 3. The van der Waals surface area contributed by atoms with Gasteiger partial charge in [-0.3, -0.25) is 19.7 Å². The number of anilines is 1. The van der Waals surface area contributed by atoms with Crippen molar-refractivity contribution in [1.29, 1.82) is 0 Å². The topological polar surface area (TPSA) is 128 Å². The van der Waals surface area contributed by atoms with E-state index in [1.807, 2.05) is 86.9 Å². The Morgan fingerprint density at radius 3 is 2.15 bits per heavy atom. The lowest BCUT2D eigenvalue weighted by Crippen LogP contribution is -2.52. The molecular weight excluding hydrogens is 765 g/mol. The summed E-state index contributed by atoms with van der Waals surface area (Å²) in [5.41, 5.74) is 6.06. The normalized spacial score (nSPS) is 22.1. The minimum Gasteiger partial charge on any atom is -0.508 e. The Labute approximate surface area is 360 Å². The molecule has 11 nitrogen and oxygen atoms in total. The molecule has 3 aromatic carbocycles. The lowest BCUT2D eigenvalue weighted by molar-refractivity contribution is -0.136. The van der Waals surface area contributed by atoms with Gasteiger partial charge in [0.2, 0.25) is 17.8 Å². The Bertz CT molecular complexity index is 2110. The van der Waals surface area contributed by atoms with E-state index in [9.17, 15) is 19.5 Å². The smallest absolute Gasteiger partial charge is 0.255 e. The van der Waals surface area contributed by atoms with Gasteiger partial charge >= 0.3 is 0 Å². The van der Waals surface area contributed by atoms with Crippen LogP contribution in [0, 0.1) is 11.3 Å². The van der Waals surface area contributed by atoms with E-state index in [-0.39, 0.29) is 29.6 Å². The number of piperidine rings is 3. The molecule has 2 aliphatic carbocycles. The van der Waals surface area contributed by atoms with Gasteiger partial charge in [-0.15, -0.1) is 0 Å². The molecule has 4 aromatic rings. The zero-order valence-corrected chi connectivity index (χ0v) is 36.0. The largest absolute Gasteiger partial charge is 0.508 e. The van der Waals surface area contributed by atoms with Crippen LogP contribution < -0.4 is 15.0 Å². The predicted octanol–water partition coefficient (Wildman–Crippen LogP) is 7.64. The van der Waals surface area contributed by atoms with Crippen LogP contribution in [0.3, 0.4) is 0 Å². The summed E-state index contributed by atoms with van der Waals surface area (Å²) in [6, 6.07) is 23.0. The van der Waals surface area contributed by atoms with Gasteiger partial charge in [-0.25, -0.2) is 9.97 Å². The van der Waals surface area contributed by atoms with Gasteiger partial charge in [0.15, 0.2) is 0 Å². The van der Waals surface area contributed by atoms with Gasteiger partial charge in [-0.2, -0.15) is 0 Å². The molecule has 3 amide bonds. The number of carbonyl (C=O) groups is 3. The van der Waals surface area contributed by atoms with E-state index in [1.54, 1.807) is 11.0 Å². The molecule has 322 valence electrons. The molecule has 7 aliphatic rings. The number of rotatable bonds is 4. The summed E-state index contributed by atoms with van der Waals surface area (Å²) < 4.78 is 6.36. The number of fused-ring (bicyclic) bond motifs is 5. The van der Waals surface area contributed by atoms with E-state index in [2.05, 4.69) is 31.2 Å². The second-order valence-corrected chi connectivity index (χ2v) is 17.9. The van der Waals surface area contributed by atoms with Crippen LogP contribution in [0.5, 0.6) is 11.5 Å². The summed E-state index contributed by atoms with van der Waals surface area (Å²) in [5, 5.41) is 11.6. The van der Waals surface area contributed by atoms with Crippen molar-refractivity contribution < 1.29 is 24.2 Å². The molecule has 6 heterocycles. The second kappa shape index (κ2) is 18.8. The number of benzene rings is 3. The number of carbonyl (C=O) groups excluding carboxylic acids is 3. The van der Waals surface area contributed by atoms with E-state index in [0.717, 1.165) is 68.6 Å². The molecule has 61 heavy (non-hydrogen) atoms. The fourth-order valence-electron chi connectivity index (χ4n) is 10.9. The molecule has 2 N–H and O–H groups in total. The number of hydrogen-bond donors (Lipinski definition) is 2. The van der Waals surface area contributed by atoms with Crippen LogP contribution in [0.25, 0.3) is 0 Å². The van der Waals surface area contributed by atoms with Crippen LogP contribution >= 0.6 is 0 Å². The lowest BCUT2D eigenvalue weighted by atomic mass is 9.57. The highest BCUT2D eigenvalue weighted by molar-refractivity contribution is 6.05. The van der Waals surface area contributed by atoms with E-state index in [1.165, 1.54) is 68.2 Å². The van der Waals surface area contributed by atoms with Crippen LogP contribution in [-0.4, -0.2) is 88.0 Å². The molecule has 0 bridgehead atoms. The third-order valence-electron chi connectivity index (χ3n) is 14.2. The van der Waals surface area contributed by atoms with Gasteiger partial charge < -0.3 is 24.5 Å². The number of aryl methyl sites for hydroxylation is 2. The number of ether oxygens (including phenoxy) is 1. The second-order valence-electron chi connectivity index (χ2n) is 17.9. The van der Waals surface area contributed by atoms with Crippen molar-refractivity contribution in [3.63, 3.8) is 0 Å². The number of imide groups is 1. The molecule has 4 fully saturated rings. The quantitative estimate of drug-likeness (QED) is 0.200. The molecule has 1 saturated carbocycles. The third kappa shape index (κ3) is 9.18. The number of phenols is 1. The summed E-state index contributed by atoms with van der Waals surface area (Å²) in [4.78, 5) is 52.9. The Kier molecular flexibility index (Phi) is 13.0. The molecule has 1 aromatic heterocycles. The first kappa shape index (κ1) is 42.4. The van der Waals surface area contributed by atoms with Gasteiger partial charge in [-0.05, 0) is 130 Å². The van der Waals surface area contributed by atoms with Gasteiger partial charge in [-0.1, -0.05) is 62.4 Å². The number of hydrogen-bond acceptors (Lipinski definition) is 9. The standard InChI is InChI=1S/C32H38N6O4.C10H12O.C6H6.C2H6/c39-26-5-4-25(28(40)35-26)38-19-23-22(29(38)41)2-3-24-27(23)42-20-32(24)8-12-36(13-9-32)18-21-16-31(17-21)6-14-37(15-7-31)30-33-10-1-11-34-30;11-10-6-5-8-3-1-2-4-9(8)7-10;1-2-4-6-5-3-1;1-2/h1-3,10-11,21,25H,4-9,12-20H2,(H,35,39,40);5-7,11H,1-4H2;1-6H;1-2H3. The Balaban J connectivity index is 0.000000223. The molecule has 1 unspecified atom stereocenters. The molecule has 3 saturated heterocycles. The fourth-order valence-corrected chi connectivity index (χ4v) is 10.9.